The van der Waals surface area contributed by atoms with Gasteiger partial charge in [0.05, 0.1) is 23.8 Å². The molecule has 3 rings (SSSR count). The van der Waals surface area contributed by atoms with Crippen molar-refractivity contribution >= 4 is 34.1 Å². The Balaban J connectivity index is 1.93. The smallest absolute Gasteiger partial charge is 0.252 e. The number of aryl methyl sites for hydroxylation is 1. The van der Waals surface area contributed by atoms with Gasteiger partial charge in [0, 0.05) is 23.7 Å². The van der Waals surface area contributed by atoms with Crippen LogP contribution in [0.4, 0.5) is 26.1 Å². The predicted molar refractivity (Wildman–Crippen MR) is 118 cm³/mol. The quantitative estimate of drug-likeness (QED) is 0.391. The van der Waals surface area contributed by atoms with Gasteiger partial charge in [0.15, 0.2) is 11.6 Å². The van der Waals surface area contributed by atoms with Gasteiger partial charge in [-0.3, -0.25) is 9.48 Å². The SMILES string of the molecule is CC(C)CC(CN)Nc1nc(Nc2ccc3c(cnn3CCF)c2)c(C(N)=O)cc1F. The Morgan fingerprint density at radius 3 is 2.68 bits per heavy atom. The van der Waals surface area contributed by atoms with E-state index in [1.54, 1.807) is 29.1 Å². The maximum absolute atomic E-state index is 14.6. The maximum Gasteiger partial charge on any atom is 0.252 e. The molecule has 8 nitrogen and oxygen atoms in total. The van der Waals surface area contributed by atoms with Crippen molar-refractivity contribution in [1.29, 1.82) is 0 Å². The fourth-order valence-electron chi connectivity index (χ4n) is 3.41. The summed E-state index contributed by atoms with van der Waals surface area (Å²) in [5.74, 6) is -1.04. The lowest BCUT2D eigenvalue weighted by Gasteiger charge is -2.21. The van der Waals surface area contributed by atoms with Gasteiger partial charge < -0.3 is 22.1 Å². The first-order valence-corrected chi connectivity index (χ1v) is 10.1. The fourth-order valence-corrected chi connectivity index (χ4v) is 3.41. The highest BCUT2D eigenvalue weighted by Gasteiger charge is 2.19. The van der Waals surface area contributed by atoms with Crippen LogP contribution in [-0.2, 0) is 6.54 Å². The van der Waals surface area contributed by atoms with Crippen molar-refractivity contribution in [3.8, 4) is 0 Å². The Labute approximate surface area is 179 Å². The predicted octanol–water partition coefficient (Wildman–Crippen LogP) is 3.17. The second kappa shape index (κ2) is 9.69. The lowest BCUT2D eigenvalue weighted by molar-refractivity contribution is 0.100. The molecule has 3 aromatic rings. The Hall–Kier alpha value is -3.27. The average Bonchev–Trinajstić information content (AvgIpc) is 3.11. The summed E-state index contributed by atoms with van der Waals surface area (Å²) in [5.41, 5.74) is 12.5. The van der Waals surface area contributed by atoms with E-state index in [2.05, 4.69) is 20.7 Å². The maximum atomic E-state index is 14.6. The number of benzene rings is 1. The molecule has 31 heavy (non-hydrogen) atoms. The van der Waals surface area contributed by atoms with Crippen LogP contribution < -0.4 is 22.1 Å². The van der Waals surface area contributed by atoms with Crippen molar-refractivity contribution in [2.24, 2.45) is 17.4 Å². The third-order valence-corrected chi connectivity index (χ3v) is 4.82. The topological polar surface area (TPSA) is 124 Å². The van der Waals surface area contributed by atoms with Crippen LogP contribution in [0.2, 0.25) is 0 Å². The Kier molecular flexibility index (Phi) is 7.01. The largest absolute Gasteiger partial charge is 0.365 e. The monoisotopic (exact) mass is 431 g/mol. The van der Waals surface area contributed by atoms with Crippen molar-refractivity contribution < 1.29 is 13.6 Å². The number of alkyl halides is 1. The number of amides is 1. The molecule has 1 amide bonds. The highest BCUT2D eigenvalue weighted by atomic mass is 19.1. The molecule has 0 saturated heterocycles. The van der Waals surface area contributed by atoms with Crippen LogP contribution in [0.25, 0.3) is 10.9 Å². The van der Waals surface area contributed by atoms with E-state index in [0.717, 1.165) is 23.4 Å². The molecule has 2 heterocycles. The van der Waals surface area contributed by atoms with Crippen LogP contribution in [0, 0.1) is 11.7 Å². The Morgan fingerprint density at radius 2 is 2.03 bits per heavy atom. The number of hydrogen-bond donors (Lipinski definition) is 4. The minimum atomic E-state index is -0.810. The van der Waals surface area contributed by atoms with Gasteiger partial charge in [0.1, 0.15) is 12.5 Å². The van der Waals surface area contributed by atoms with Crippen LogP contribution in [-0.4, -0.2) is 39.9 Å². The number of anilines is 3. The highest BCUT2D eigenvalue weighted by molar-refractivity contribution is 5.99. The number of carbonyl (C=O) groups excluding carboxylic acids is 1. The van der Waals surface area contributed by atoms with Gasteiger partial charge in [0.2, 0.25) is 0 Å². The average molecular weight is 431 g/mol. The van der Waals surface area contributed by atoms with Crippen molar-refractivity contribution in [1.82, 2.24) is 14.8 Å². The summed E-state index contributed by atoms with van der Waals surface area (Å²) < 4.78 is 28.8. The lowest BCUT2D eigenvalue weighted by atomic mass is 10.0. The number of halogens is 2. The van der Waals surface area contributed by atoms with Crippen LogP contribution in [0.15, 0.2) is 30.5 Å². The minimum absolute atomic E-state index is 0.0135. The number of aromatic nitrogens is 3. The third-order valence-electron chi connectivity index (χ3n) is 4.82. The Morgan fingerprint density at radius 1 is 1.26 bits per heavy atom. The Bertz CT molecular complexity index is 1070. The number of rotatable bonds is 10. The molecule has 1 aromatic carbocycles. The first-order valence-electron chi connectivity index (χ1n) is 10.1. The van der Waals surface area contributed by atoms with Gasteiger partial charge in [-0.05, 0) is 36.6 Å². The zero-order valence-electron chi connectivity index (χ0n) is 17.5. The number of primary amides is 1. The number of nitrogens with zero attached hydrogens (tertiary/aromatic N) is 3. The minimum Gasteiger partial charge on any atom is -0.365 e. The van der Waals surface area contributed by atoms with Crippen molar-refractivity contribution in [3.05, 3.63) is 41.8 Å². The summed E-state index contributed by atoms with van der Waals surface area (Å²) in [7, 11) is 0. The van der Waals surface area contributed by atoms with Crippen LogP contribution >= 0.6 is 0 Å². The van der Waals surface area contributed by atoms with E-state index in [0.29, 0.717) is 18.2 Å². The molecule has 2 aromatic heterocycles. The number of pyridine rings is 1. The number of carbonyl (C=O) groups is 1. The fraction of sp³-hybridized carbons (Fsp3) is 0.381. The van der Waals surface area contributed by atoms with E-state index < -0.39 is 18.4 Å². The van der Waals surface area contributed by atoms with Crippen LogP contribution in [0.3, 0.4) is 0 Å². The molecule has 10 heteroatoms. The summed E-state index contributed by atoms with van der Waals surface area (Å²) >= 11 is 0. The molecule has 1 atom stereocenters. The number of hydrogen-bond acceptors (Lipinski definition) is 6. The second-order valence-electron chi connectivity index (χ2n) is 7.74. The molecule has 0 aliphatic rings. The summed E-state index contributed by atoms with van der Waals surface area (Å²) in [6, 6.07) is 6.18. The molecular formula is C21H27F2N7O. The first-order chi connectivity index (χ1) is 14.8. The zero-order valence-corrected chi connectivity index (χ0v) is 17.5. The molecular weight excluding hydrogens is 404 g/mol. The molecule has 0 spiro atoms. The molecule has 0 fully saturated rings. The van der Waals surface area contributed by atoms with Gasteiger partial charge in [0.25, 0.3) is 5.91 Å². The molecule has 0 aliphatic carbocycles. The normalized spacial score (nSPS) is 12.3. The molecule has 166 valence electrons. The van der Waals surface area contributed by atoms with Crippen LogP contribution in [0.1, 0.15) is 30.6 Å². The second-order valence-corrected chi connectivity index (χ2v) is 7.74. The van der Waals surface area contributed by atoms with Gasteiger partial charge in [-0.15, -0.1) is 0 Å². The van der Waals surface area contributed by atoms with Crippen molar-refractivity contribution in [3.63, 3.8) is 0 Å². The molecule has 0 aliphatic heterocycles. The van der Waals surface area contributed by atoms with Gasteiger partial charge >= 0.3 is 0 Å². The lowest BCUT2D eigenvalue weighted by Crippen LogP contribution is -2.31. The van der Waals surface area contributed by atoms with Gasteiger partial charge in [-0.2, -0.15) is 5.10 Å². The zero-order chi connectivity index (χ0) is 22.5. The summed E-state index contributed by atoms with van der Waals surface area (Å²) in [5, 5.41) is 11.0. The van der Waals surface area contributed by atoms with Gasteiger partial charge in [-0.25, -0.2) is 13.8 Å². The van der Waals surface area contributed by atoms with Gasteiger partial charge in [-0.1, -0.05) is 13.8 Å². The van der Waals surface area contributed by atoms with E-state index in [4.69, 9.17) is 11.5 Å². The molecule has 0 radical (unpaired) electrons. The first kappa shape index (κ1) is 22.4. The number of nitrogens with one attached hydrogen (secondary N) is 2. The van der Waals surface area contributed by atoms with E-state index in [9.17, 15) is 13.6 Å². The number of nitrogens with two attached hydrogens (primary N) is 2. The van der Waals surface area contributed by atoms with E-state index in [-0.39, 0.29) is 29.8 Å². The highest BCUT2D eigenvalue weighted by Crippen LogP contribution is 2.27. The van der Waals surface area contributed by atoms with E-state index >= 15 is 0 Å². The van der Waals surface area contributed by atoms with Crippen molar-refractivity contribution in [2.75, 3.05) is 23.9 Å². The third kappa shape index (κ3) is 5.26. The summed E-state index contributed by atoms with van der Waals surface area (Å²) in [6.07, 6.45) is 2.35. The molecule has 0 saturated carbocycles. The van der Waals surface area contributed by atoms with Crippen LogP contribution in [0.5, 0.6) is 0 Å². The van der Waals surface area contributed by atoms with E-state index in [1.807, 2.05) is 13.8 Å². The molecule has 6 N–H and O–H groups in total. The summed E-state index contributed by atoms with van der Waals surface area (Å²) in [6.45, 7) is 4.04. The van der Waals surface area contributed by atoms with E-state index in [1.165, 1.54) is 0 Å². The summed E-state index contributed by atoms with van der Waals surface area (Å²) in [4.78, 5) is 16.1. The molecule has 0 bridgehead atoms. The number of fused-ring (bicyclic) bond motifs is 1. The molecule has 1 unspecified atom stereocenters. The standard InChI is InChI=1S/C21H27F2N7O/c1-12(2)7-15(10-24)28-21-17(23)9-16(19(25)31)20(29-21)27-14-3-4-18-13(8-14)11-26-30(18)6-5-22/h3-4,8-9,11-12,15H,5-7,10,24H2,1-2H3,(H2,25,31)(H2,27,28,29). The van der Waals surface area contributed by atoms with Crippen molar-refractivity contribution in [2.45, 2.75) is 32.9 Å².